The van der Waals surface area contributed by atoms with E-state index in [1.165, 1.54) is 211 Å². The third kappa shape index (κ3) is 35.2. The summed E-state index contributed by atoms with van der Waals surface area (Å²) in [6.07, 6.45) is 47.9. The summed E-state index contributed by atoms with van der Waals surface area (Å²) in [6.45, 7) is 10.0. The second kappa shape index (κ2) is 55.5. The summed E-state index contributed by atoms with van der Waals surface area (Å²) < 4.78 is 53.4. The lowest BCUT2D eigenvalue weighted by molar-refractivity contribution is -0.327. The fourth-order valence-corrected chi connectivity index (χ4v) is 15.0. The standard InChI is InChI=1S/C95H140N4O7/c1-4-7-9-11-13-15-17-19-20-21-22-23-24-25-26-27-28-29-30-32-34-36-38-55-71-96-88(91(101-75-82-58-46-40-47-59-82)89(100-74-81-56-44-39-45-57-81)66-54-37-35-33-31-18-16-14-12-10-8-5-2)79-105-95-94(104-78-85-64-52-43-53-65-85)93(103-77-84-62-50-42-51-63-84)92(102-76-83-60-48-41-49-61-83)90(106-95)73-99-72-87(97-98-99)86-69-67-80(6-3)68-70-86/h39-53,56-65,67-70,72,88-96H,4-38,54-55,66,71,73-79H2,1-3H3/t88-,89+,90+,91-,92-,93-,94+,95+/m0/s1. The Hall–Kier alpha value is -5.86. The van der Waals surface area contributed by atoms with Gasteiger partial charge in [-0.15, -0.1) is 5.10 Å². The monoisotopic (exact) mass is 1450 g/mol. The van der Waals surface area contributed by atoms with E-state index < -0.39 is 36.8 Å². The maximum absolute atomic E-state index is 7.55. The number of nitrogens with zero attached hydrogens (tertiary/aromatic N) is 3. The van der Waals surface area contributed by atoms with E-state index in [0.29, 0.717) is 39.6 Å². The average molecular weight is 1450 g/mol. The Labute approximate surface area is 643 Å². The molecule has 1 N–H and O–H groups in total. The lowest BCUT2D eigenvalue weighted by atomic mass is 9.96. The Morgan fingerprint density at radius 2 is 0.736 bits per heavy atom. The van der Waals surface area contributed by atoms with E-state index in [2.05, 4.69) is 184 Å². The number of hydrogen-bond donors (Lipinski definition) is 1. The van der Waals surface area contributed by atoms with Crippen LogP contribution in [-0.4, -0.2) is 77.1 Å². The van der Waals surface area contributed by atoms with Crippen LogP contribution < -0.4 is 5.32 Å². The van der Waals surface area contributed by atoms with E-state index >= 15 is 0 Å². The summed E-state index contributed by atoms with van der Waals surface area (Å²) in [5.74, 6) is 0. The number of rotatable bonds is 63. The Kier molecular flexibility index (Phi) is 44.9. The topological polar surface area (TPSA) is 107 Å². The molecule has 106 heavy (non-hydrogen) atoms. The molecule has 582 valence electrons. The molecule has 1 aliphatic heterocycles. The normalized spacial score (nSPS) is 16.9. The molecule has 6 aromatic carbocycles. The highest BCUT2D eigenvalue weighted by molar-refractivity contribution is 5.58. The van der Waals surface area contributed by atoms with Crippen molar-refractivity contribution >= 4 is 0 Å². The largest absolute Gasteiger partial charge is 0.371 e. The van der Waals surface area contributed by atoms with Gasteiger partial charge in [-0.1, -0.05) is 427 Å². The quantitative estimate of drug-likeness (QED) is 0.0370. The maximum atomic E-state index is 7.55. The molecule has 1 saturated heterocycles. The highest BCUT2D eigenvalue weighted by Crippen LogP contribution is 2.34. The first-order chi connectivity index (χ1) is 52.6. The number of ether oxygens (including phenoxy) is 7. The van der Waals surface area contributed by atoms with Gasteiger partial charge < -0.3 is 38.5 Å². The number of aromatic nitrogens is 3. The summed E-state index contributed by atoms with van der Waals surface area (Å²) in [5, 5.41) is 13.6. The van der Waals surface area contributed by atoms with Crippen molar-refractivity contribution in [2.75, 3.05) is 13.2 Å². The van der Waals surface area contributed by atoms with Crippen molar-refractivity contribution in [3.05, 3.63) is 216 Å². The minimum atomic E-state index is -0.918. The molecule has 0 spiro atoms. The summed E-state index contributed by atoms with van der Waals surface area (Å²) in [5.41, 5.74) is 8.44. The predicted octanol–water partition coefficient (Wildman–Crippen LogP) is 24.6. The Balaban J connectivity index is 1.00. The highest BCUT2D eigenvalue weighted by Gasteiger charge is 2.50. The third-order valence-corrected chi connectivity index (χ3v) is 21.6. The number of hydrogen-bond acceptors (Lipinski definition) is 10. The van der Waals surface area contributed by atoms with Crippen molar-refractivity contribution in [1.82, 2.24) is 20.3 Å². The van der Waals surface area contributed by atoms with Crippen LogP contribution >= 0.6 is 0 Å². The van der Waals surface area contributed by atoms with Gasteiger partial charge in [-0.3, -0.25) is 0 Å². The van der Waals surface area contributed by atoms with Crippen LogP contribution in [0.4, 0.5) is 0 Å². The first-order valence-electron chi connectivity index (χ1n) is 42.8. The number of benzene rings is 6. The van der Waals surface area contributed by atoms with Crippen LogP contribution in [0.3, 0.4) is 0 Å². The zero-order chi connectivity index (χ0) is 73.6. The fraction of sp³-hybridized carbons (Fsp3) is 0.600. The molecule has 0 saturated carbocycles. The number of nitrogens with one attached hydrogen (secondary N) is 1. The van der Waals surface area contributed by atoms with Gasteiger partial charge in [0.25, 0.3) is 0 Å². The molecule has 0 aliphatic carbocycles. The molecule has 0 radical (unpaired) electrons. The van der Waals surface area contributed by atoms with E-state index in [9.17, 15) is 0 Å². The van der Waals surface area contributed by atoms with Crippen LogP contribution in [0, 0.1) is 0 Å². The summed E-state index contributed by atoms with van der Waals surface area (Å²) >= 11 is 0. The molecule has 2 heterocycles. The smallest absolute Gasteiger partial charge is 0.186 e. The molecule has 7 aromatic rings. The van der Waals surface area contributed by atoms with Gasteiger partial charge in [0.05, 0.1) is 64.5 Å². The van der Waals surface area contributed by atoms with Gasteiger partial charge >= 0.3 is 0 Å². The fourth-order valence-electron chi connectivity index (χ4n) is 15.0. The predicted molar refractivity (Wildman–Crippen MR) is 439 cm³/mol. The van der Waals surface area contributed by atoms with Crippen molar-refractivity contribution in [3.63, 3.8) is 0 Å². The van der Waals surface area contributed by atoms with E-state index in [0.717, 1.165) is 84.1 Å². The van der Waals surface area contributed by atoms with Crippen LogP contribution in [0.2, 0.25) is 0 Å². The van der Waals surface area contributed by atoms with Gasteiger partial charge in [0.2, 0.25) is 0 Å². The minimum absolute atomic E-state index is 0.243. The van der Waals surface area contributed by atoms with Crippen LogP contribution in [0.5, 0.6) is 0 Å². The number of aryl methyl sites for hydroxylation is 1. The Morgan fingerprint density at radius 1 is 0.368 bits per heavy atom. The summed E-state index contributed by atoms with van der Waals surface area (Å²) in [6, 6.07) is 60.6. The Bertz CT molecular complexity index is 3160. The molecule has 1 aromatic heterocycles. The van der Waals surface area contributed by atoms with E-state index in [1.54, 1.807) is 0 Å². The van der Waals surface area contributed by atoms with Crippen molar-refractivity contribution < 1.29 is 33.2 Å². The zero-order valence-electron chi connectivity index (χ0n) is 66.2. The van der Waals surface area contributed by atoms with E-state index in [1.807, 2.05) is 29.1 Å². The molecule has 0 unspecified atom stereocenters. The van der Waals surface area contributed by atoms with Gasteiger partial charge in [0.1, 0.15) is 36.2 Å². The molecule has 0 bridgehead atoms. The SMILES string of the molecule is CCCCCCCCCCCCCCCCCCCCCCCCCCN[C@@H](CO[C@@H]1O[C@H](Cn2cc(-c3ccc(CC)cc3)nn2)[C@H](OCc2ccccc2)[C@H](OCc2ccccc2)[C@H]1OCc1ccccc1)[C@H](OCc1ccccc1)[C@@H](CCCCCCCCCCCCCC)OCc1ccccc1. The van der Waals surface area contributed by atoms with Crippen LogP contribution in [0.15, 0.2) is 182 Å². The first-order valence-corrected chi connectivity index (χ1v) is 42.8. The summed E-state index contributed by atoms with van der Waals surface area (Å²) in [7, 11) is 0. The lowest BCUT2D eigenvalue weighted by Gasteiger charge is -2.46. The van der Waals surface area contributed by atoms with Crippen molar-refractivity contribution in [2.24, 2.45) is 0 Å². The first kappa shape index (κ1) is 85.7. The number of unbranched alkanes of at least 4 members (excludes halogenated alkanes) is 34. The molecular weight excluding hydrogens is 1310 g/mol. The van der Waals surface area contributed by atoms with Crippen molar-refractivity contribution in [3.8, 4) is 11.3 Å². The van der Waals surface area contributed by atoms with Crippen molar-refractivity contribution in [1.29, 1.82) is 0 Å². The second-order valence-corrected chi connectivity index (χ2v) is 30.5. The van der Waals surface area contributed by atoms with Crippen LogP contribution in [0.1, 0.15) is 292 Å². The Morgan fingerprint density at radius 3 is 1.15 bits per heavy atom. The summed E-state index contributed by atoms with van der Waals surface area (Å²) in [4.78, 5) is 0. The molecule has 0 amide bonds. The maximum Gasteiger partial charge on any atom is 0.186 e. The van der Waals surface area contributed by atoms with Gasteiger partial charge in [0.15, 0.2) is 6.29 Å². The van der Waals surface area contributed by atoms with E-state index in [-0.39, 0.29) is 18.8 Å². The van der Waals surface area contributed by atoms with Crippen molar-refractivity contribution in [2.45, 2.75) is 353 Å². The molecule has 11 heteroatoms. The zero-order valence-corrected chi connectivity index (χ0v) is 66.2. The molecule has 1 aliphatic rings. The van der Waals surface area contributed by atoms with Crippen LogP contribution in [0.25, 0.3) is 11.3 Å². The lowest BCUT2D eigenvalue weighted by Crippen LogP contribution is -2.62. The highest BCUT2D eigenvalue weighted by atomic mass is 16.7. The molecule has 8 atom stereocenters. The van der Waals surface area contributed by atoms with E-state index in [4.69, 9.17) is 43.5 Å². The molecule has 8 rings (SSSR count). The third-order valence-electron chi connectivity index (χ3n) is 21.6. The second-order valence-electron chi connectivity index (χ2n) is 30.5. The molecular formula is C95H140N4O7. The molecule has 11 nitrogen and oxygen atoms in total. The van der Waals surface area contributed by atoms with Gasteiger partial charge in [-0.05, 0) is 59.2 Å². The van der Waals surface area contributed by atoms with Crippen LogP contribution in [-0.2, 0) is 79.2 Å². The van der Waals surface area contributed by atoms with Gasteiger partial charge in [-0.25, -0.2) is 4.68 Å². The van der Waals surface area contributed by atoms with Gasteiger partial charge in [0, 0.05) is 5.56 Å². The van der Waals surface area contributed by atoms with Gasteiger partial charge in [-0.2, -0.15) is 0 Å². The minimum Gasteiger partial charge on any atom is -0.371 e. The average Bonchev–Trinajstić information content (AvgIpc) is 1.00. The molecule has 1 fully saturated rings.